The van der Waals surface area contributed by atoms with Gasteiger partial charge in [0.25, 0.3) is 0 Å². The zero-order valence-corrected chi connectivity index (χ0v) is 11.7. The van der Waals surface area contributed by atoms with Crippen LogP contribution in [-0.2, 0) is 4.74 Å². The van der Waals surface area contributed by atoms with Crippen LogP contribution in [0.1, 0.15) is 34.1 Å². The SMILES string of the molecule is CCOC(=O)c1ccc(Cl)cc1C(=O)CCBr. The molecule has 0 aliphatic carbocycles. The van der Waals surface area contributed by atoms with Gasteiger partial charge in [0, 0.05) is 22.3 Å². The average molecular weight is 320 g/mol. The van der Waals surface area contributed by atoms with Crippen LogP contribution >= 0.6 is 27.5 Å². The predicted octanol–water partition coefficient (Wildman–Crippen LogP) is 3.48. The highest BCUT2D eigenvalue weighted by atomic mass is 79.9. The summed E-state index contributed by atoms with van der Waals surface area (Å²) < 4.78 is 4.89. The Morgan fingerprint density at radius 2 is 2.06 bits per heavy atom. The number of carbonyl (C=O) groups is 2. The summed E-state index contributed by atoms with van der Waals surface area (Å²) in [6.45, 7) is 1.99. The third-order valence-corrected chi connectivity index (χ3v) is 2.73. The van der Waals surface area contributed by atoms with Gasteiger partial charge in [0.2, 0.25) is 0 Å². The standard InChI is InChI=1S/C12H12BrClO3/c1-2-17-12(16)9-4-3-8(14)7-10(9)11(15)5-6-13/h3-4,7H,2,5-6H2,1H3. The van der Waals surface area contributed by atoms with E-state index >= 15 is 0 Å². The van der Waals surface area contributed by atoms with Gasteiger partial charge >= 0.3 is 5.97 Å². The van der Waals surface area contributed by atoms with E-state index in [2.05, 4.69) is 15.9 Å². The maximum absolute atomic E-state index is 11.8. The number of ether oxygens (including phenoxy) is 1. The number of esters is 1. The highest BCUT2D eigenvalue weighted by Crippen LogP contribution is 2.19. The van der Waals surface area contributed by atoms with Gasteiger partial charge in [-0.05, 0) is 25.1 Å². The zero-order chi connectivity index (χ0) is 12.8. The molecule has 5 heteroatoms. The van der Waals surface area contributed by atoms with Crippen LogP contribution in [0, 0.1) is 0 Å². The Hall–Kier alpha value is -0.870. The van der Waals surface area contributed by atoms with Gasteiger partial charge in [-0.2, -0.15) is 0 Å². The summed E-state index contributed by atoms with van der Waals surface area (Å²) in [5.74, 6) is -0.630. The number of hydrogen-bond acceptors (Lipinski definition) is 3. The molecule has 0 saturated carbocycles. The summed E-state index contributed by atoms with van der Waals surface area (Å²) >= 11 is 9.01. The van der Waals surface area contributed by atoms with Crippen molar-refractivity contribution in [2.75, 3.05) is 11.9 Å². The largest absolute Gasteiger partial charge is 0.462 e. The number of carbonyl (C=O) groups excluding carboxylic acids is 2. The van der Waals surface area contributed by atoms with E-state index < -0.39 is 5.97 Å². The van der Waals surface area contributed by atoms with Crippen molar-refractivity contribution in [3.63, 3.8) is 0 Å². The van der Waals surface area contributed by atoms with Crippen molar-refractivity contribution >= 4 is 39.3 Å². The van der Waals surface area contributed by atoms with Gasteiger partial charge < -0.3 is 4.74 Å². The molecule has 0 unspecified atom stereocenters. The van der Waals surface area contributed by atoms with Gasteiger partial charge in [-0.1, -0.05) is 27.5 Å². The number of ketones is 1. The number of halogens is 2. The molecule has 0 aliphatic rings. The molecule has 1 aromatic rings. The lowest BCUT2D eigenvalue weighted by Gasteiger charge is -2.07. The molecule has 1 rings (SSSR count). The van der Waals surface area contributed by atoms with E-state index in [1.54, 1.807) is 13.0 Å². The Kier molecular flexibility index (Phi) is 5.65. The molecule has 0 spiro atoms. The van der Waals surface area contributed by atoms with Crippen molar-refractivity contribution in [3.05, 3.63) is 34.3 Å². The molecule has 0 saturated heterocycles. The Morgan fingerprint density at radius 1 is 1.35 bits per heavy atom. The highest BCUT2D eigenvalue weighted by molar-refractivity contribution is 9.09. The Bertz CT molecular complexity index is 432. The maximum Gasteiger partial charge on any atom is 0.338 e. The molecular weight excluding hydrogens is 307 g/mol. The minimum absolute atomic E-state index is 0.132. The number of Topliss-reactive ketones (excluding diaryl/α,β-unsaturated/α-hetero) is 1. The first-order valence-electron chi connectivity index (χ1n) is 5.16. The van der Waals surface area contributed by atoms with E-state index in [-0.39, 0.29) is 18.0 Å². The van der Waals surface area contributed by atoms with Crippen molar-refractivity contribution in [2.45, 2.75) is 13.3 Å². The third-order valence-electron chi connectivity index (χ3n) is 2.10. The van der Waals surface area contributed by atoms with Crippen LogP contribution in [0.3, 0.4) is 0 Å². The molecule has 0 heterocycles. The molecule has 0 aliphatic heterocycles. The average Bonchev–Trinajstić information content (AvgIpc) is 2.29. The number of hydrogen-bond donors (Lipinski definition) is 0. The second-order valence-electron chi connectivity index (χ2n) is 3.27. The number of rotatable bonds is 5. The van der Waals surface area contributed by atoms with Gasteiger partial charge in [-0.15, -0.1) is 0 Å². The smallest absolute Gasteiger partial charge is 0.338 e. The Morgan fingerprint density at radius 3 is 2.65 bits per heavy atom. The van der Waals surface area contributed by atoms with Crippen molar-refractivity contribution < 1.29 is 14.3 Å². The molecule has 0 radical (unpaired) electrons. The summed E-state index contributed by atoms with van der Waals surface area (Å²) in [6.07, 6.45) is 0.312. The summed E-state index contributed by atoms with van der Waals surface area (Å²) in [5, 5.41) is 0.969. The van der Waals surface area contributed by atoms with Crippen molar-refractivity contribution in [1.29, 1.82) is 0 Å². The molecule has 0 atom stereocenters. The molecule has 0 amide bonds. The topological polar surface area (TPSA) is 43.4 Å². The quantitative estimate of drug-likeness (QED) is 0.474. The zero-order valence-electron chi connectivity index (χ0n) is 9.33. The van der Waals surface area contributed by atoms with Gasteiger partial charge in [-0.3, -0.25) is 4.79 Å². The lowest BCUT2D eigenvalue weighted by Crippen LogP contribution is -2.12. The van der Waals surface area contributed by atoms with Crippen LogP contribution in [0.5, 0.6) is 0 Å². The lowest BCUT2D eigenvalue weighted by atomic mass is 10.0. The van der Waals surface area contributed by atoms with Gasteiger partial charge in [0.05, 0.1) is 12.2 Å². The third kappa shape index (κ3) is 3.82. The van der Waals surface area contributed by atoms with Crippen LogP contribution in [0.15, 0.2) is 18.2 Å². The molecule has 0 N–H and O–H groups in total. The normalized spacial score (nSPS) is 10.1. The lowest BCUT2D eigenvalue weighted by molar-refractivity contribution is 0.0523. The summed E-state index contributed by atoms with van der Waals surface area (Å²) in [4.78, 5) is 23.5. The molecule has 0 bridgehead atoms. The first-order chi connectivity index (χ1) is 8.10. The number of benzene rings is 1. The fourth-order valence-electron chi connectivity index (χ4n) is 1.35. The second kappa shape index (κ2) is 6.77. The molecule has 92 valence electrons. The summed E-state index contributed by atoms with van der Waals surface area (Å²) in [5.41, 5.74) is 0.581. The van der Waals surface area contributed by atoms with E-state index in [4.69, 9.17) is 16.3 Å². The number of alkyl halides is 1. The van der Waals surface area contributed by atoms with E-state index in [0.717, 1.165) is 0 Å². The van der Waals surface area contributed by atoms with Gasteiger partial charge in [-0.25, -0.2) is 4.79 Å². The predicted molar refractivity (Wildman–Crippen MR) is 70.2 cm³/mol. The highest BCUT2D eigenvalue weighted by Gasteiger charge is 2.17. The summed E-state index contributed by atoms with van der Waals surface area (Å²) in [7, 11) is 0. The van der Waals surface area contributed by atoms with Crippen LogP contribution < -0.4 is 0 Å². The fourth-order valence-corrected chi connectivity index (χ4v) is 1.89. The molecule has 0 aromatic heterocycles. The Balaban J connectivity index is 3.11. The molecule has 1 aromatic carbocycles. The first kappa shape index (κ1) is 14.2. The van der Waals surface area contributed by atoms with Crippen LogP contribution in [0.4, 0.5) is 0 Å². The molecule has 3 nitrogen and oxygen atoms in total. The van der Waals surface area contributed by atoms with E-state index in [1.165, 1.54) is 12.1 Å². The maximum atomic E-state index is 11.8. The summed E-state index contributed by atoms with van der Waals surface area (Å²) in [6, 6.07) is 4.58. The van der Waals surface area contributed by atoms with Crippen LogP contribution in [-0.4, -0.2) is 23.7 Å². The molecule has 0 fully saturated rings. The van der Waals surface area contributed by atoms with Gasteiger partial charge in [0.15, 0.2) is 5.78 Å². The van der Waals surface area contributed by atoms with Gasteiger partial charge in [0.1, 0.15) is 0 Å². The van der Waals surface area contributed by atoms with Crippen LogP contribution in [0.2, 0.25) is 5.02 Å². The minimum atomic E-state index is -0.498. The minimum Gasteiger partial charge on any atom is -0.462 e. The molecular formula is C12H12BrClO3. The second-order valence-corrected chi connectivity index (χ2v) is 4.50. The van der Waals surface area contributed by atoms with Crippen molar-refractivity contribution in [1.82, 2.24) is 0 Å². The Labute approximate surface area is 113 Å². The monoisotopic (exact) mass is 318 g/mol. The van der Waals surface area contributed by atoms with Crippen LogP contribution in [0.25, 0.3) is 0 Å². The van der Waals surface area contributed by atoms with E-state index in [0.29, 0.717) is 22.3 Å². The molecule has 17 heavy (non-hydrogen) atoms. The van der Waals surface area contributed by atoms with Crippen molar-refractivity contribution in [3.8, 4) is 0 Å². The first-order valence-corrected chi connectivity index (χ1v) is 6.66. The fraction of sp³-hybridized carbons (Fsp3) is 0.333. The van der Waals surface area contributed by atoms with E-state index in [9.17, 15) is 9.59 Å². The van der Waals surface area contributed by atoms with E-state index in [1.807, 2.05) is 0 Å². The van der Waals surface area contributed by atoms with Crippen molar-refractivity contribution in [2.24, 2.45) is 0 Å².